The summed E-state index contributed by atoms with van der Waals surface area (Å²) in [5, 5.41) is 7.82. The van der Waals surface area contributed by atoms with E-state index in [0.29, 0.717) is 18.9 Å². The number of carbonyl (C=O) groups excluding carboxylic acids is 1. The van der Waals surface area contributed by atoms with Gasteiger partial charge >= 0.3 is 0 Å². The van der Waals surface area contributed by atoms with Gasteiger partial charge in [-0.05, 0) is 50.4 Å². The number of halogens is 2. The molecule has 0 radical (unpaired) electrons. The summed E-state index contributed by atoms with van der Waals surface area (Å²) in [5.41, 5.74) is -0.221. The van der Waals surface area contributed by atoms with Crippen LogP contribution in [-0.2, 0) is 11.3 Å². The number of benzene rings is 1. The number of hydrogen-bond donors (Lipinski definition) is 0. The molecule has 3 heterocycles. The molecule has 0 bridgehead atoms. The summed E-state index contributed by atoms with van der Waals surface area (Å²) in [7, 11) is 0. The molecule has 6 nitrogen and oxygen atoms in total. The van der Waals surface area contributed by atoms with Gasteiger partial charge < -0.3 is 4.90 Å². The van der Waals surface area contributed by atoms with Crippen LogP contribution in [0.2, 0.25) is 0 Å². The maximum Gasteiger partial charge on any atom is 0.244 e. The van der Waals surface area contributed by atoms with Crippen LogP contribution in [0.3, 0.4) is 0 Å². The predicted molar refractivity (Wildman–Crippen MR) is 91.4 cm³/mol. The summed E-state index contributed by atoms with van der Waals surface area (Å²) in [4.78, 5) is 16.2. The van der Waals surface area contributed by atoms with Crippen molar-refractivity contribution in [2.24, 2.45) is 5.92 Å². The summed E-state index contributed by atoms with van der Waals surface area (Å²) in [6.45, 7) is 2.80. The van der Waals surface area contributed by atoms with Gasteiger partial charge in [-0.2, -0.15) is 0 Å². The lowest BCUT2D eigenvalue weighted by atomic mass is 9.95. The molecule has 1 atom stereocenters. The third kappa shape index (κ3) is 3.21. The maximum atomic E-state index is 14.0. The third-order valence-corrected chi connectivity index (χ3v) is 5.39. The van der Waals surface area contributed by atoms with E-state index in [0.717, 1.165) is 32.5 Å². The van der Waals surface area contributed by atoms with Gasteiger partial charge in [0.25, 0.3) is 0 Å². The smallest absolute Gasteiger partial charge is 0.244 e. The third-order valence-electron chi connectivity index (χ3n) is 5.39. The molecule has 1 unspecified atom stereocenters. The fourth-order valence-electron chi connectivity index (χ4n) is 4.01. The molecule has 138 valence electrons. The lowest BCUT2D eigenvalue weighted by molar-refractivity contribution is -0.122. The number of likely N-dealkylation sites (tertiary alicyclic amines) is 1. The number of aromatic nitrogens is 3. The van der Waals surface area contributed by atoms with Crippen LogP contribution in [0.15, 0.2) is 30.6 Å². The van der Waals surface area contributed by atoms with E-state index in [1.54, 1.807) is 6.20 Å². The Balaban J connectivity index is 1.39. The molecule has 0 aliphatic carbocycles. The van der Waals surface area contributed by atoms with Crippen LogP contribution < -0.4 is 4.90 Å². The number of carbonyl (C=O) groups is 1. The lowest BCUT2D eigenvalue weighted by Gasteiger charge is -2.35. The molecule has 1 aromatic carbocycles. The minimum absolute atomic E-state index is 0.205. The SMILES string of the molecule is O=C1C(N2CCC(Cn3ccnn3)CC2)CCN1c1c(F)cccc1F. The molecule has 1 amide bonds. The van der Waals surface area contributed by atoms with E-state index < -0.39 is 11.6 Å². The van der Waals surface area contributed by atoms with Crippen molar-refractivity contribution in [2.45, 2.75) is 31.8 Å². The standard InChI is InChI=1S/C18H21F2N5O/c19-14-2-1-3-15(20)17(14)25-10-6-16(18(25)26)23-8-4-13(5-9-23)12-24-11-7-21-22-24/h1-3,7,11,13,16H,4-6,8-10,12H2. The van der Waals surface area contributed by atoms with Crippen LogP contribution in [-0.4, -0.2) is 51.5 Å². The van der Waals surface area contributed by atoms with E-state index in [1.807, 2.05) is 10.9 Å². The molecule has 0 saturated carbocycles. The summed E-state index contributed by atoms with van der Waals surface area (Å²) < 4.78 is 29.9. The first-order chi connectivity index (χ1) is 12.6. The Bertz CT molecular complexity index is 754. The first kappa shape index (κ1) is 17.1. The van der Waals surface area contributed by atoms with E-state index in [2.05, 4.69) is 15.2 Å². The second-order valence-corrected chi connectivity index (χ2v) is 6.97. The van der Waals surface area contributed by atoms with Crippen molar-refractivity contribution in [1.82, 2.24) is 19.9 Å². The van der Waals surface area contributed by atoms with Crippen LogP contribution in [0.25, 0.3) is 0 Å². The second-order valence-electron chi connectivity index (χ2n) is 6.97. The summed E-state index contributed by atoms with van der Waals surface area (Å²) in [5.74, 6) is -1.08. The Kier molecular flexibility index (Phi) is 4.67. The molecule has 8 heteroatoms. The number of piperidine rings is 1. The van der Waals surface area contributed by atoms with Gasteiger partial charge in [0.2, 0.25) is 5.91 Å². The highest BCUT2D eigenvalue weighted by atomic mass is 19.1. The maximum absolute atomic E-state index is 14.0. The number of anilines is 1. The number of para-hydroxylation sites is 1. The Hall–Kier alpha value is -2.35. The van der Waals surface area contributed by atoms with Gasteiger partial charge in [-0.15, -0.1) is 5.10 Å². The summed E-state index contributed by atoms with van der Waals surface area (Å²) in [6, 6.07) is 3.40. The average Bonchev–Trinajstić information content (AvgIpc) is 3.26. The van der Waals surface area contributed by atoms with Crippen molar-refractivity contribution in [3.05, 3.63) is 42.2 Å². The zero-order valence-electron chi connectivity index (χ0n) is 14.4. The highest BCUT2D eigenvalue weighted by molar-refractivity contribution is 5.99. The minimum atomic E-state index is -0.689. The van der Waals surface area contributed by atoms with Crippen LogP contribution >= 0.6 is 0 Å². The zero-order chi connectivity index (χ0) is 18.1. The van der Waals surface area contributed by atoms with E-state index >= 15 is 0 Å². The van der Waals surface area contributed by atoms with E-state index in [-0.39, 0.29) is 17.6 Å². The van der Waals surface area contributed by atoms with Crippen molar-refractivity contribution in [2.75, 3.05) is 24.5 Å². The molecule has 0 spiro atoms. The van der Waals surface area contributed by atoms with Gasteiger partial charge in [-0.25, -0.2) is 8.78 Å². The fourth-order valence-corrected chi connectivity index (χ4v) is 4.01. The van der Waals surface area contributed by atoms with E-state index in [4.69, 9.17) is 0 Å². The summed E-state index contributed by atoms with van der Waals surface area (Å²) >= 11 is 0. The normalized spacial score (nSPS) is 22.3. The van der Waals surface area contributed by atoms with Crippen molar-refractivity contribution in [3.8, 4) is 0 Å². The zero-order valence-corrected chi connectivity index (χ0v) is 14.4. The van der Waals surface area contributed by atoms with Crippen molar-refractivity contribution in [3.63, 3.8) is 0 Å². The molecule has 0 N–H and O–H groups in total. The number of hydrogen-bond acceptors (Lipinski definition) is 4. The Morgan fingerprint density at radius 2 is 1.81 bits per heavy atom. The second kappa shape index (κ2) is 7.11. The van der Waals surface area contributed by atoms with Gasteiger partial charge in [0, 0.05) is 19.3 Å². The number of rotatable bonds is 4. The topological polar surface area (TPSA) is 54.3 Å². The minimum Gasteiger partial charge on any atom is -0.306 e. The van der Waals surface area contributed by atoms with Crippen LogP contribution in [0.5, 0.6) is 0 Å². The van der Waals surface area contributed by atoms with Crippen molar-refractivity contribution >= 4 is 11.6 Å². The highest BCUT2D eigenvalue weighted by Crippen LogP contribution is 2.31. The molecule has 2 aliphatic heterocycles. The molecule has 26 heavy (non-hydrogen) atoms. The Morgan fingerprint density at radius 1 is 1.08 bits per heavy atom. The quantitative estimate of drug-likeness (QED) is 0.837. The lowest BCUT2D eigenvalue weighted by Crippen LogP contribution is -2.46. The fraction of sp³-hybridized carbons (Fsp3) is 0.500. The predicted octanol–water partition coefficient (Wildman–Crippen LogP) is 2.07. The van der Waals surface area contributed by atoms with Gasteiger partial charge in [-0.1, -0.05) is 11.3 Å². The molecule has 1 aromatic heterocycles. The largest absolute Gasteiger partial charge is 0.306 e. The van der Waals surface area contributed by atoms with Crippen molar-refractivity contribution in [1.29, 1.82) is 0 Å². The van der Waals surface area contributed by atoms with Gasteiger partial charge in [-0.3, -0.25) is 14.4 Å². The van der Waals surface area contributed by atoms with Crippen LogP contribution in [0, 0.1) is 17.6 Å². The first-order valence-corrected chi connectivity index (χ1v) is 8.97. The number of amides is 1. The molecule has 4 rings (SSSR count). The molecule has 2 aromatic rings. The van der Waals surface area contributed by atoms with Crippen LogP contribution in [0.1, 0.15) is 19.3 Å². The van der Waals surface area contributed by atoms with E-state index in [1.165, 1.54) is 23.1 Å². The summed E-state index contributed by atoms with van der Waals surface area (Å²) in [6.07, 6.45) is 6.06. The van der Waals surface area contributed by atoms with Gasteiger partial charge in [0.1, 0.15) is 17.3 Å². The molecule has 2 saturated heterocycles. The first-order valence-electron chi connectivity index (χ1n) is 8.97. The molecule has 2 fully saturated rings. The number of nitrogens with zero attached hydrogens (tertiary/aromatic N) is 5. The van der Waals surface area contributed by atoms with Gasteiger partial charge in [0.15, 0.2) is 0 Å². The highest BCUT2D eigenvalue weighted by Gasteiger charge is 2.39. The van der Waals surface area contributed by atoms with E-state index in [9.17, 15) is 13.6 Å². The molecule has 2 aliphatic rings. The average molecular weight is 361 g/mol. The molecular weight excluding hydrogens is 340 g/mol. The molecular formula is C18H21F2N5O. The Labute approximate surface area is 150 Å². The Morgan fingerprint density at radius 3 is 2.46 bits per heavy atom. The van der Waals surface area contributed by atoms with Crippen LogP contribution in [0.4, 0.5) is 14.5 Å². The van der Waals surface area contributed by atoms with Crippen molar-refractivity contribution < 1.29 is 13.6 Å². The monoisotopic (exact) mass is 361 g/mol. The van der Waals surface area contributed by atoms with Gasteiger partial charge in [0.05, 0.1) is 12.2 Å².